The molecule has 158 valence electrons. The molecule has 2 heterocycles. The normalized spacial score (nSPS) is 10.6. The molecule has 0 aliphatic rings. The van der Waals surface area contributed by atoms with E-state index in [1.807, 2.05) is 18.2 Å². The van der Waals surface area contributed by atoms with Crippen LogP contribution in [0.3, 0.4) is 0 Å². The van der Waals surface area contributed by atoms with Gasteiger partial charge in [-0.25, -0.2) is 4.98 Å². The number of fused-ring (bicyclic) bond motifs is 1. The minimum Gasteiger partial charge on any atom is -0.494 e. The van der Waals surface area contributed by atoms with Crippen LogP contribution >= 0.6 is 24.2 Å². The van der Waals surface area contributed by atoms with Gasteiger partial charge in [-0.05, 0) is 37.9 Å². The first-order chi connectivity index (χ1) is 13.7. The van der Waals surface area contributed by atoms with E-state index in [4.69, 9.17) is 19.9 Å². The maximum atomic E-state index is 5.81. The van der Waals surface area contributed by atoms with E-state index >= 15 is 0 Å². The highest BCUT2D eigenvalue weighted by Gasteiger charge is 2.13. The van der Waals surface area contributed by atoms with Crippen LogP contribution in [-0.4, -0.2) is 42.3 Å². The van der Waals surface area contributed by atoms with Crippen LogP contribution in [0.1, 0.15) is 25.0 Å². The lowest BCUT2D eigenvalue weighted by Gasteiger charge is -2.10. The molecular weight excluding hydrogens is 412 g/mol. The van der Waals surface area contributed by atoms with Crippen LogP contribution in [0.2, 0.25) is 0 Å². The number of hydrogen-bond donors (Lipinski definition) is 2. The number of imidazole rings is 1. The predicted octanol–water partition coefficient (Wildman–Crippen LogP) is 4.20. The van der Waals surface area contributed by atoms with Gasteiger partial charge in [-0.3, -0.25) is 4.98 Å². The van der Waals surface area contributed by atoms with Crippen LogP contribution in [0.25, 0.3) is 11.0 Å². The summed E-state index contributed by atoms with van der Waals surface area (Å²) in [6, 6.07) is 7.70. The standard InChI is InChI=1S/C20H26N4O3S.ClH/c1-25-18-8-10-22-17(19(18)26-2)13-28-20-23-15-7-6-14(12-16(15)24-20)27-11-5-3-4-9-21;/h6-8,10,12H,3-5,9,11,13,21H2,1-2H3,(H,23,24);1H. The quantitative estimate of drug-likeness (QED) is 0.342. The Labute approximate surface area is 181 Å². The third-order valence-corrected chi connectivity index (χ3v) is 5.15. The van der Waals surface area contributed by atoms with Crippen LogP contribution in [0.15, 0.2) is 35.6 Å². The minimum atomic E-state index is 0. The van der Waals surface area contributed by atoms with Crippen molar-refractivity contribution in [1.29, 1.82) is 0 Å². The number of unbranched alkanes of at least 4 members (excludes halogenated alkanes) is 2. The Hall–Kier alpha value is -2.16. The molecule has 29 heavy (non-hydrogen) atoms. The lowest BCUT2D eigenvalue weighted by atomic mass is 10.2. The third-order valence-electron chi connectivity index (χ3n) is 4.26. The largest absolute Gasteiger partial charge is 0.494 e. The fourth-order valence-corrected chi connectivity index (χ4v) is 3.65. The Bertz CT molecular complexity index is 907. The number of rotatable bonds is 11. The summed E-state index contributed by atoms with van der Waals surface area (Å²) in [5.41, 5.74) is 8.18. The summed E-state index contributed by atoms with van der Waals surface area (Å²) >= 11 is 1.56. The fraction of sp³-hybridized carbons (Fsp3) is 0.400. The molecule has 0 aliphatic heterocycles. The van der Waals surface area contributed by atoms with Crippen molar-refractivity contribution in [1.82, 2.24) is 15.0 Å². The van der Waals surface area contributed by atoms with Crippen molar-refractivity contribution in [3.05, 3.63) is 36.2 Å². The molecule has 0 aliphatic carbocycles. The summed E-state index contributed by atoms with van der Waals surface area (Å²) in [6.07, 6.45) is 4.85. The van der Waals surface area contributed by atoms with Gasteiger partial charge in [0.25, 0.3) is 0 Å². The molecule has 9 heteroatoms. The first kappa shape index (κ1) is 23.1. The number of aromatic nitrogens is 3. The van der Waals surface area contributed by atoms with E-state index in [1.54, 1.807) is 38.2 Å². The highest BCUT2D eigenvalue weighted by molar-refractivity contribution is 7.98. The minimum absolute atomic E-state index is 0. The molecule has 0 fully saturated rings. The maximum Gasteiger partial charge on any atom is 0.183 e. The molecule has 0 radical (unpaired) electrons. The Morgan fingerprint density at radius 3 is 2.72 bits per heavy atom. The second kappa shape index (κ2) is 11.7. The van der Waals surface area contributed by atoms with Gasteiger partial charge in [0, 0.05) is 24.1 Å². The summed E-state index contributed by atoms with van der Waals surface area (Å²) in [4.78, 5) is 12.4. The summed E-state index contributed by atoms with van der Waals surface area (Å²) in [5.74, 6) is 2.77. The lowest BCUT2D eigenvalue weighted by molar-refractivity contribution is 0.306. The third kappa shape index (κ3) is 6.16. The Morgan fingerprint density at radius 1 is 1.10 bits per heavy atom. The number of methoxy groups -OCH3 is 2. The first-order valence-electron chi connectivity index (χ1n) is 9.26. The number of nitrogens with two attached hydrogens (primary N) is 1. The van der Waals surface area contributed by atoms with Gasteiger partial charge in [-0.15, -0.1) is 12.4 Å². The van der Waals surface area contributed by atoms with Gasteiger partial charge in [0.15, 0.2) is 16.7 Å². The molecule has 0 amide bonds. The summed E-state index contributed by atoms with van der Waals surface area (Å²) in [6.45, 7) is 1.43. The number of nitrogens with one attached hydrogen (secondary N) is 1. The SMILES string of the molecule is COc1ccnc(CSc2nc3cc(OCCCCCN)ccc3[nH]2)c1OC.Cl. The van der Waals surface area contributed by atoms with Crippen molar-refractivity contribution in [3.63, 3.8) is 0 Å². The Kier molecular flexibility index (Phi) is 9.37. The highest BCUT2D eigenvalue weighted by Crippen LogP contribution is 2.33. The van der Waals surface area contributed by atoms with Crippen LogP contribution < -0.4 is 19.9 Å². The second-order valence-corrected chi connectivity index (χ2v) is 7.16. The molecule has 0 spiro atoms. The number of hydrogen-bond acceptors (Lipinski definition) is 7. The smallest absolute Gasteiger partial charge is 0.183 e. The van der Waals surface area contributed by atoms with E-state index in [0.29, 0.717) is 23.9 Å². The topological polar surface area (TPSA) is 95.3 Å². The molecule has 3 rings (SSSR count). The number of benzene rings is 1. The number of halogens is 1. The van der Waals surface area contributed by atoms with Crippen molar-refractivity contribution < 1.29 is 14.2 Å². The molecule has 0 saturated heterocycles. The molecule has 0 saturated carbocycles. The zero-order valence-corrected chi connectivity index (χ0v) is 18.3. The molecule has 0 bridgehead atoms. The van der Waals surface area contributed by atoms with Crippen molar-refractivity contribution >= 4 is 35.2 Å². The fourth-order valence-electron chi connectivity index (χ4n) is 2.82. The van der Waals surface area contributed by atoms with E-state index in [9.17, 15) is 0 Å². The molecule has 0 atom stereocenters. The maximum absolute atomic E-state index is 5.81. The van der Waals surface area contributed by atoms with Crippen molar-refractivity contribution in [3.8, 4) is 17.2 Å². The lowest BCUT2D eigenvalue weighted by Crippen LogP contribution is -2.01. The average molecular weight is 439 g/mol. The number of pyridine rings is 1. The van der Waals surface area contributed by atoms with Gasteiger partial charge in [0.1, 0.15) is 5.75 Å². The average Bonchev–Trinajstić information content (AvgIpc) is 3.13. The van der Waals surface area contributed by atoms with E-state index < -0.39 is 0 Å². The zero-order chi connectivity index (χ0) is 19.8. The number of ether oxygens (including phenoxy) is 3. The summed E-state index contributed by atoms with van der Waals surface area (Å²) in [5, 5.41) is 0.821. The van der Waals surface area contributed by atoms with Crippen LogP contribution in [0.4, 0.5) is 0 Å². The highest BCUT2D eigenvalue weighted by atomic mass is 35.5. The Balaban J connectivity index is 0.00000300. The monoisotopic (exact) mass is 438 g/mol. The summed E-state index contributed by atoms with van der Waals surface area (Å²) < 4.78 is 16.6. The van der Waals surface area contributed by atoms with Gasteiger partial charge in [0.05, 0.1) is 37.6 Å². The van der Waals surface area contributed by atoms with E-state index in [2.05, 4.69) is 15.0 Å². The van der Waals surface area contributed by atoms with Gasteiger partial charge >= 0.3 is 0 Å². The number of nitrogens with zero attached hydrogens (tertiary/aromatic N) is 2. The van der Waals surface area contributed by atoms with E-state index in [1.165, 1.54) is 0 Å². The van der Waals surface area contributed by atoms with Gasteiger partial charge < -0.3 is 24.9 Å². The molecule has 3 N–H and O–H groups in total. The second-order valence-electron chi connectivity index (χ2n) is 6.20. The van der Waals surface area contributed by atoms with Crippen molar-refractivity contribution in [2.45, 2.75) is 30.2 Å². The Morgan fingerprint density at radius 2 is 1.97 bits per heavy atom. The molecule has 2 aromatic heterocycles. The number of H-pyrrole nitrogens is 1. The summed E-state index contributed by atoms with van der Waals surface area (Å²) in [7, 11) is 3.23. The van der Waals surface area contributed by atoms with Gasteiger partial charge in [-0.1, -0.05) is 11.8 Å². The van der Waals surface area contributed by atoms with Gasteiger partial charge in [0.2, 0.25) is 0 Å². The zero-order valence-electron chi connectivity index (χ0n) is 16.6. The molecular formula is C20H27ClN4O3S. The van der Waals surface area contributed by atoms with Gasteiger partial charge in [-0.2, -0.15) is 0 Å². The number of aromatic amines is 1. The van der Waals surface area contributed by atoms with E-state index in [0.717, 1.165) is 53.4 Å². The predicted molar refractivity (Wildman–Crippen MR) is 119 cm³/mol. The molecule has 1 aromatic carbocycles. The van der Waals surface area contributed by atoms with Crippen LogP contribution in [-0.2, 0) is 5.75 Å². The first-order valence-corrected chi connectivity index (χ1v) is 10.2. The van der Waals surface area contributed by atoms with Crippen molar-refractivity contribution in [2.24, 2.45) is 5.73 Å². The van der Waals surface area contributed by atoms with E-state index in [-0.39, 0.29) is 12.4 Å². The molecule has 7 nitrogen and oxygen atoms in total. The van der Waals surface area contributed by atoms with Crippen molar-refractivity contribution in [2.75, 3.05) is 27.4 Å². The van der Waals surface area contributed by atoms with Crippen LogP contribution in [0.5, 0.6) is 17.2 Å². The number of thioether (sulfide) groups is 1. The molecule has 3 aromatic rings. The molecule has 0 unspecified atom stereocenters. The van der Waals surface area contributed by atoms with Crippen LogP contribution in [0, 0.1) is 0 Å².